The van der Waals surface area contributed by atoms with Gasteiger partial charge in [-0.05, 0) is 19.3 Å². The van der Waals surface area contributed by atoms with Crippen LogP contribution in [0.1, 0.15) is 19.3 Å². The molecule has 2 rings (SSSR count). The van der Waals surface area contributed by atoms with Crippen LogP contribution in [0.3, 0.4) is 0 Å². The molecule has 60 valence electrons. The molecular formula is C7H9NO3. The van der Waals surface area contributed by atoms with Crippen molar-refractivity contribution in [3.63, 3.8) is 0 Å². The van der Waals surface area contributed by atoms with E-state index in [1.165, 1.54) is 0 Å². The highest BCUT2D eigenvalue weighted by Crippen LogP contribution is 2.52. The van der Waals surface area contributed by atoms with Gasteiger partial charge in [-0.15, -0.1) is 0 Å². The molecular weight excluding hydrogens is 146 g/mol. The van der Waals surface area contributed by atoms with Gasteiger partial charge in [-0.1, -0.05) is 0 Å². The molecule has 2 N–H and O–H groups in total. The third kappa shape index (κ3) is 0.818. The SMILES string of the molecule is O=C(O)[C@@H]1CC2(CC2)C(=O)N1. The van der Waals surface area contributed by atoms with E-state index in [-0.39, 0.29) is 11.3 Å². The number of amides is 1. The van der Waals surface area contributed by atoms with Crippen LogP contribution >= 0.6 is 0 Å². The van der Waals surface area contributed by atoms with Crippen LogP contribution < -0.4 is 5.32 Å². The van der Waals surface area contributed by atoms with Crippen molar-refractivity contribution in [3.05, 3.63) is 0 Å². The molecule has 1 aliphatic heterocycles. The maximum Gasteiger partial charge on any atom is 0.326 e. The zero-order valence-corrected chi connectivity index (χ0v) is 5.96. The average Bonchev–Trinajstić information content (AvgIpc) is 2.59. The Bertz CT molecular complexity index is 232. The van der Waals surface area contributed by atoms with Gasteiger partial charge >= 0.3 is 5.97 Å². The molecule has 1 aliphatic carbocycles. The van der Waals surface area contributed by atoms with Gasteiger partial charge in [0.15, 0.2) is 0 Å². The molecule has 1 saturated heterocycles. The number of carbonyl (C=O) groups is 2. The van der Waals surface area contributed by atoms with E-state index in [9.17, 15) is 9.59 Å². The first-order valence-corrected chi connectivity index (χ1v) is 3.68. The minimum absolute atomic E-state index is 0.0649. The quantitative estimate of drug-likeness (QED) is 0.548. The third-order valence-electron chi connectivity index (χ3n) is 2.53. The van der Waals surface area contributed by atoms with Crippen LogP contribution in [0, 0.1) is 5.41 Å². The van der Waals surface area contributed by atoms with Crippen LogP contribution in [0.5, 0.6) is 0 Å². The Kier molecular flexibility index (Phi) is 1.06. The average molecular weight is 155 g/mol. The third-order valence-corrected chi connectivity index (χ3v) is 2.53. The molecule has 0 aromatic rings. The Morgan fingerprint density at radius 1 is 1.64 bits per heavy atom. The summed E-state index contributed by atoms with van der Waals surface area (Å²) in [6, 6.07) is -0.634. The van der Waals surface area contributed by atoms with Gasteiger partial charge < -0.3 is 10.4 Å². The second-order valence-corrected chi connectivity index (χ2v) is 3.35. The van der Waals surface area contributed by atoms with Gasteiger partial charge in [0, 0.05) is 0 Å². The van der Waals surface area contributed by atoms with Crippen LogP contribution in [0.15, 0.2) is 0 Å². The molecule has 1 atom stereocenters. The highest BCUT2D eigenvalue weighted by atomic mass is 16.4. The van der Waals surface area contributed by atoms with Gasteiger partial charge in [0.05, 0.1) is 5.41 Å². The molecule has 1 heterocycles. The van der Waals surface area contributed by atoms with Crippen LogP contribution in [0.4, 0.5) is 0 Å². The summed E-state index contributed by atoms with van der Waals surface area (Å²) in [6.07, 6.45) is 2.21. The summed E-state index contributed by atoms with van der Waals surface area (Å²) >= 11 is 0. The van der Waals surface area contributed by atoms with Gasteiger partial charge in [-0.3, -0.25) is 4.79 Å². The summed E-state index contributed by atoms with van der Waals surface area (Å²) in [5, 5.41) is 11.0. The van der Waals surface area contributed by atoms with E-state index in [0.29, 0.717) is 6.42 Å². The molecule has 0 radical (unpaired) electrons. The van der Waals surface area contributed by atoms with Gasteiger partial charge in [0.2, 0.25) is 5.91 Å². The predicted molar refractivity (Wildman–Crippen MR) is 35.9 cm³/mol. The Balaban J connectivity index is 2.13. The van der Waals surface area contributed by atoms with Crippen molar-refractivity contribution in [1.29, 1.82) is 0 Å². The molecule has 4 heteroatoms. The normalized spacial score (nSPS) is 32.0. The largest absolute Gasteiger partial charge is 0.480 e. The van der Waals surface area contributed by atoms with E-state index in [0.717, 1.165) is 12.8 Å². The predicted octanol–water partition coefficient (Wildman–Crippen LogP) is -0.260. The van der Waals surface area contributed by atoms with Crippen LogP contribution in [0.2, 0.25) is 0 Å². The standard InChI is InChI=1S/C7H9NO3/c9-5(10)4-3-7(1-2-7)6(11)8-4/h4H,1-3H2,(H,8,11)(H,9,10)/t4-/m0/s1. The van der Waals surface area contributed by atoms with E-state index >= 15 is 0 Å². The number of carboxylic acids is 1. The fourth-order valence-electron chi connectivity index (χ4n) is 1.58. The Morgan fingerprint density at radius 2 is 2.27 bits per heavy atom. The topological polar surface area (TPSA) is 66.4 Å². The zero-order valence-electron chi connectivity index (χ0n) is 5.96. The summed E-state index contributed by atoms with van der Waals surface area (Å²) in [5.74, 6) is -0.980. The van der Waals surface area contributed by atoms with Crippen LogP contribution in [-0.2, 0) is 9.59 Å². The van der Waals surface area contributed by atoms with Gasteiger partial charge in [-0.25, -0.2) is 4.79 Å². The van der Waals surface area contributed by atoms with Crippen molar-refractivity contribution in [2.75, 3.05) is 0 Å². The maximum absolute atomic E-state index is 11.1. The Labute approximate surface area is 63.6 Å². The number of rotatable bonds is 1. The number of carbonyl (C=O) groups excluding carboxylic acids is 1. The Hall–Kier alpha value is -1.06. The molecule has 2 fully saturated rings. The zero-order chi connectivity index (χ0) is 8.06. The van der Waals surface area contributed by atoms with E-state index in [1.54, 1.807) is 0 Å². The van der Waals surface area contributed by atoms with E-state index in [1.807, 2.05) is 0 Å². The minimum Gasteiger partial charge on any atom is -0.480 e. The molecule has 1 spiro atoms. The first-order chi connectivity index (χ1) is 5.14. The summed E-state index contributed by atoms with van der Waals surface area (Å²) in [5.41, 5.74) is -0.275. The van der Waals surface area contributed by atoms with Crippen molar-refractivity contribution >= 4 is 11.9 Å². The number of hydrogen-bond acceptors (Lipinski definition) is 2. The van der Waals surface area contributed by atoms with Crippen molar-refractivity contribution in [2.24, 2.45) is 5.41 Å². The van der Waals surface area contributed by atoms with Crippen molar-refractivity contribution in [3.8, 4) is 0 Å². The summed E-state index contributed by atoms with van der Waals surface area (Å²) < 4.78 is 0. The molecule has 0 bridgehead atoms. The number of aliphatic carboxylic acids is 1. The molecule has 4 nitrogen and oxygen atoms in total. The summed E-state index contributed by atoms with van der Waals surface area (Å²) in [7, 11) is 0. The minimum atomic E-state index is -0.915. The van der Waals surface area contributed by atoms with Gasteiger partial charge in [-0.2, -0.15) is 0 Å². The lowest BCUT2D eigenvalue weighted by atomic mass is 10.0. The molecule has 1 amide bonds. The van der Waals surface area contributed by atoms with Crippen LogP contribution in [0.25, 0.3) is 0 Å². The Morgan fingerprint density at radius 3 is 2.55 bits per heavy atom. The molecule has 1 saturated carbocycles. The van der Waals surface area contributed by atoms with Crippen LogP contribution in [-0.4, -0.2) is 23.0 Å². The van der Waals surface area contributed by atoms with E-state index in [2.05, 4.69) is 5.32 Å². The fourth-order valence-corrected chi connectivity index (χ4v) is 1.58. The van der Waals surface area contributed by atoms with Crippen molar-refractivity contribution < 1.29 is 14.7 Å². The highest BCUT2D eigenvalue weighted by molar-refractivity contribution is 5.93. The summed E-state index contributed by atoms with van der Waals surface area (Å²) in [4.78, 5) is 21.5. The lowest BCUT2D eigenvalue weighted by Crippen LogP contribution is -2.32. The van der Waals surface area contributed by atoms with E-state index < -0.39 is 12.0 Å². The van der Waals surface area contributed by atoms with E-state index in [4.69, 9.17) is 5.11 Å². The number of hydrogen-bond donors (Lipinski definition) is 2. The second-order valence-electron chi connectivity index (χ2n) is 3.35. The first kappa shape index (κ1) is 6.64. The van der Waals surface area contributed by atoms with Gasteiger partial charge in [0.1, 0.15) is 6.04 Å². The first-order valence-electron chi connectivity index (χ1n) is 3.68. The molecule has 0 aromatic carbocycles. The van der Waals surface area contributed by atoms with Gasteiger partial charge in [0.25, 0.3) is 0 Å². The fraction of sp³-hybridized carbons (Fsp3) is 0.714. The molecule has 2 aliphatic rings. The highest BCUT2D eigenvalue weighted by Gasteiger charge is 2.57. The van der Waals surface area contributed by atoms with Crippen molar-refractivity contribution in [1.82, 2.24) is 5.32 Å². The maximum atomic E-state index is 11.1. The number of carboxylic acid groups (broad SMARTS) is 1. The number of nitrogens with one attached hydrogen (secondary N) is 1. The monoisotopic (exact) mass is 155 g/mol. The molecule has 0 unspecified atom stereocenters. The molecule has 0 aromatic heterocycles. The lowest BCUT2D eigenvalue weighted by molar-refractivity contribution is -0.140. The lowest BCUT2D eigenvalue weighted by Gasteiger charge is -2.00. The summed E-state index contributed by atoms with van der Waals surface area (Å²) in [6.45, 7) is 0. The molecule has 11 heavy (non-hydrogen) atoms. The second kappa shape index (κ2) is 1.75. The van der Waals surface area contributed by atoms with Crippen molar-refractivity contribution in [2.45, 2.75) is 25.3 Å². The smallest absolute Gasteiger partial charge is 0.326 e.